The number of para-hydroxylation sites is 1. The van der Waals surface area contributed by atoms with Crippen LogP contribution in [0.5, 0.6) is 0 Å². The van der Waals surface area contributed by atoms with E-state index in [0.717, 1.165) is 0 Å². The molecular weight excluding hydrogens is 320 g/mol. The van der Waals surface area contributed by atoms with Gasteiger partial charge in [0.05, 0.1) is 13.2 Å². The van der Waals surface area contributed by atoms with Gasteiger partial charge in [0, 0.05) is 5.69 Å². The lowest BCUT2D eigenvalue weighted by atomic mass is 10.00. The highest BCUT2D eigenvalue weighted by atomic mass is 16.6. The number of rotatable bonds is 5. The molecule has 1 N–H and O–H groups in total. The van der Waals surface area contributed by atoms with E-state index in [2.05, 4.69) is 37.9 Å². The molecule has 1 aromatic carbocycles. The van der Waals surface area contributed by atoms with E-state index in [0.29, 0.717) is 30.7 Å². The van der Waals surface area contributed by atoms with Crippen molar-refractivity contribution in [1.82, 2.24) is 4.90 Å². The van der Waals surface area contributed by atoms with E-state index in [1.54, 1.807) is 0 Å². The van der Waals surface area contributed by atoms with E-state index < -0.39 is 11.6 Å². The van der Waals surface area contributed by atoms with Crippen LogP contribution in [0.4, 0.5) is 10.5 Å². The van der Waals surface area contributed by atoms with Gasteiger partial charge >= 0.3 is 6.09 Å². The van der Waals surface area contributed by atoms with Crippen LogP contribution in [0.15, 0.2) is 30.3 Å². The number of nitrogens with zero attached hydrogens (tertiary/aromatic N) is 1. The molecule has 2 aliphatic heterocycles. The average Bonchev–Trinajstić information content (AvgIpc) is 3.10. The zero-order chi connectivity index (χ0) is 18.0. The number of nitrogens with one attached hydrogen (secondary N) is 1. The quantitative estimate of drug-likeness (QED) is 0.885. The van der Waals surface area contributed by atoms with Gasteiger partial charge in [0.25, 0.3) is 0 Å². The minimum Gasteiger partial charge on any atom is -0.447 e. The molecule has 2 heterocycles. The van der Waals surface area contributed by atoms with Crippen molar-refractivity contribution in [2.45, 2.75) is 45.7 Å². The highest BCUT2D eigenvalue weighted by Gasteiger charge is 2.57. The molecule has 0 radical (unpaired) electrons. The highest BCUT2D eigenvalue weighted by molar-refractivity contribution is 5.84. The minimum absolute atomic E-state index is 0.0179. The van der Waals surface area contributed by atoms with Crippen LogP contribution in [0.3, 0.4) is 0 Å². The fourth-order valence-electron chi connectivity index (χ4n) is 3.58. The Bertz CT molecular complexity index is 570. The summed E-state index contributed by atoms with van der Waals surface area (Å²) in [4.78, 5) is 14.4. The fourth-order valence-corrected chi connectivity index (χ4v) is 3.58. The topological polar surface area (TPSA) is 60.0 Å². The molecule has 2 saturated heterocycles. The van der Waals surface area contributed by atoms with E-state index in [1.807, 2.05) is 30.3 Å². The molecule has 0 aromatic heterocycles. The summed E-state index contributed by atoms with van der Waals surface area (Å²) >= 11 is 0. The van der Waals surface area contributed by atoms with Gasteiger partial charge in [-0.25, -0.2) is 9.69 Å². The molecule has 138 valence electrons. The molecule has 2 fully saturated rings. The van der Waals surface area contributed by atoms with Crippen LogP contribution in [0.2, 0.25) is 0 Å². The van der Waals surface area contributed by atoms with Crippen LogP contribution in [0.25, 0.3) is 0 Å². The van der Waals surface area contributed by atoms with Crippen molar-refractivity contribution < 1.29 is 19.0 Å². The van der Waals surface area contributed by atoms with Crippen molar-refractivity contribution in [2.75, 3.05) is 25.1 Å². The minimum atomic E-state index is -0.457. The zero-order valence-corrected chi connectivity index (χ0v) is 15.4. The van der Waals surface area contributed by atoms with Gasteiger partial charge in [0.15, 0.2) is 0 Å². The zero-order valence-electron chi connectivity index (χ0n) is 15.4. The Labute approximate surface area is 149 Å². The van der Waals surface area contributed by atoms with E-state index in [4.69, 9.17) is 14.2 Å². The standard InChI is InChI=1S/C19H28N2O4/c1-13(2)16-21-17(14(3)4)24-11-19(21,10-23-16)12-25-18(22)20-15-8-6-5-7-9-15/h5-9,13-14,16-17H,10-12H2,1-4H3,(H,20,22)/t16-,17-/m0/s1. The summed E-state index contributed by atoms with van der Waals surface area (Å²) in [7, 11) is 0. The number of amides is 1. The maximum absolute atomic E-state index is 12.2. The van der Waals surface area contributed by atoms with Crippen LogP contribution in [0.1, 0.15) is 27.7 Å². The van der Waals surface area contributed by atoms with Crippen LogP contribution in [0, 0.1) is 11.8 Å². The van der Waals surface area contributed by atoms with Crippen molar-refractivity contribution in [3.63, 3.8) is 0 Å². The first kappa shape index (κ1) is 18.2. The van der Waals surface area contributed by atoms with Crippen molar-refractivity contribution in [2.24, 2.45) is 11.8 Å². The third-order valence-electron chi connectivity index (χ3n) is 4.77. The lowest BCUT2D eigenvalue weighted by molar-refractivity contribution is -0.0959. The normalized spacial score (nSPS) is 25.4. The second-order valence-electron chi connectivity index (χ2n) is 7.59. The SMILES string of the molecule is CC(C)[C@@H]1OCC2(COC(=O)Nc3ccccc3)CO[C@@H](C(C)C)N12. The summed E-state index contributed by atoms with van der Waals surface area (Å²) < 4.78 is 17.6. The highest BCUT2D eigenvalue weighted by Crippen LogP contribution is 2.41. The van der Waals surface area contributed by atoms with Gasteiger partial charge in [-0.15, -0.1) is 0 Å². The number of benzene rings is 1. The van der Waals surface area contributed by atoms with Crippen LogP contribution >= 0.6 is 0 Å². The molecule has 3 rings (SSSR count). The van der Waals surface area contributed by atoms with Crippen LogP contribution < -0.4 is 5.32 Å². The van der Waals surface area contributed by atoms with E-state index in [9.17, 15) is 4.79 Å². The molecule has 6 nitrogen and oxygen atoms in total. The lowest BCUT2D eigenvalue weighted by Crippen LogP contribution is -2.54. The van der Waals surface area contributed by atoms with Crippen LogP contribution in [-0.2, 0) is 14.2 Å². The van der Waals surface area contributed by atoms with Gasteiger partial charge in [-0.1, -0.05) is 45.9 Å². The van der Waals surface area contributed by atoms with Gasteiger partial charge in [0.2, 0.25) is 0 Å². The van der Waals surface area contributed by atoms with Crippen molar-refractivity contribution in [3.8, 4) is 0 Å². The first-order valence-corrected chi connectivity index (χ1v) is 8.93. The Kier molecular flexibility index (Phi) is 5.32. The molecule has 0 aliphatic carbocycles. The molecular formula is C19H28N2O4. The van der Waals surface area contributed by atoms with E-state index >= 15 is 0 Å². The molecule has 0 bridgehead atoms. The predicted octanol–water partition coefficient (Wildman–Crippen LogP) is 3.30. The molecule has 0 saturated carbocycles. The van der Waals surface area contributed by atoms with Crippen molar-refractivity contribution in [1.29, 1.82) is 0 Å². The maximum Gasteiger partial charge on any atom is 0.411 e. The lowest BCUT2D eigenvalue weighted by Gasteiger charge is -2.36. The molecule has 1 aromatic rings. The smallest absolute Gasteiger partial charge is 0.411 e. The first-order chi connectivity index (χ1) is 11.9. The monoisotopic (exact) mass is 348 g/mol. The Balaban J connectivity index is 1.67. The largest absolute Gasteiger partial charge is 0.447 e. The average molecular weight is 348 g/mol. The van der Waals surface area contributed by atoms with Gasteiger partial charge in [0.1, 0.15) is 24.6 Å². The Hall–Kier alpha value is -1.63. The summed E-state index contributed by atoms with van der Waals surface area (Å²) in [5.74, 6) is 0.672. The molecule has 2 aliphatic rings. The van der Waals surface area contributed by atoms with Gasteiger partial charge < -0.3 is 14.2 Å². The maximum atomic E-state index is 12.2. The number of hydrogen-bond donors (Lipinski definition) is 1. The summed E-state index contributed by atoms with van der Waals surface area (Å²) in [6.07, 6.45) is -0.493. The molecule has 1 amide bonds. The number of carbonyl (C=O) groups excluding carboxylic acids is 1. The van der Waals surface area contributed by atoms with E-state index in [1.165, 1.54) is 0 Å². The molecule has 2 atom stereocenters. The van der Waals surface area contributed by atoms with Gasteiger partial charge in [-0.05, 0) is 24.0 Å². The summed E-state index contributed by atoms with van der Waals surface area (Å²) in [5.41, 5.74) is 0.310. The van der Waals surface area contributed by atoms with Gasteiger partial charge in [-0.3, -0.25) is 5.32 Å². The van der Waals surface area contributed by atoms with Crippen molar-refractivity contribution in [3.05, 3.63) is 30.3 Å². The fraction of sp³-hybridized carbons (Fsp3) is 0.632. The Morgan fingerprint density at radius 2 is 1.72 bits per heavy atom. The summed E-state index contributed by atoms with van der Waals surface area (Å²) in [6.45, 7) is 9.82. The van der Waals surface area contributed by atoms with Gasteiger partial charge in [-0.2, -0.15) is 0 Å². The Morgan fingerprint density at radius 3 is 2.24 bits per heavy atom. The summed E-state index contributed by atoms with van der Waals surface area (Å²) in [5, 5.41) is 2.75. The van der Waals surface area contributed by atoms with Crippen LogP contribution in [-0.4, -0.2) is 48.8 Å². The predicted molar refractivity (Wildman–Crippen MR) is 95.1 cm³/mol. The number of fused-ring (bicyclic) bond motifs is 1. The molecule has 25 heavy (non-hydrogen) atoms. The number of anilines is 1. The molecule has 0 unspecified atom stereocenters. The Morgan fingerprint density at radius 1 is 1.16 bits per heavy atom. The number of carbonyl (C=O) groups is 1. The molecule has 0 spiro atoms. The first-order valence-electron chi connectivity index (χ1n) is 8.93. The second-order valence-corrected chi connectivity index (χ2v) is 7.59. The number of hydrogen-bond acceptors (Lipinski definition) is 5. The third-order valence-corrected chi connectivity index (χ3v) is 4.77. The summed E-state index contributed by atoms with van der Waals surface area (Å²) in [6, 6.07) is 9.29. The van der Waals surface area contributed by atoms with E-state index in [-0.39, 0.29) is 19.1 Å². The molecule has 6 heteroatoms. The van der Waals surface area contributed by atoms with Crippen molar-refractivity contribution >= 4 is 11.8 Å². The second kappa shape index (κ2) is 7.32. The third kappa shape index (κ3) is 3.66. The number of ether oxygens (including phenoxy) is 3.